The van der Waals surface area contributed by atoms with Gasteiger partial charge in [0.15, 0.2) is 5.17 Å². The van der Waals surface area contributed by atoms with Gasteiger partial charge >= 0.3 is 0 Å². The largest absolute Gasteiger partial charge is 0.382 e. The third-order valence-corrected chi connectivity index (χ3v) is 4.34. The van der Waals surface area contributed by atoms with Crippen LogP contribution >= 0.6 is 11.8 Å². The van der Waals surface area contributed by atoms with Gasteiger partial charge in [0, 0.05) is 18.4 Å². The molecule has 3 nitrogen and oxygen atoms in total. The Kier molecular flexibility index (Phi) is 3.57. The van der Waals surface area contributed by atoms with Crippen molar-refractivity contribution in [2.45, 2.75) is 44.2 Å². The van der Waals surface area contributed by atoms with Crippen molar-refractivity contribution in [2.24, 2.45) is 4.99 Å². The molecule has 0 amide bonds. The fourth-order valence-corrected chi connectivity index (χ4v) is 3.69. The van der Waals surface area contributed by atoms with Crippen LogP contribution in [0.4, 0.5) is 0 Å². The third-order valence-electron chi connectivity index (χ3n) is 3.16. The van der Waals surface area contributed by atoms with E-state index in [1.165, 1.54) is 31.4 Å². The molecule has 1 aliphatic heterocycles. The summed E-state index contributed by atoms with van der Waals surface area (Å²) >= 11 is 1.88. The van der Waals surface area contributed by atoms with E-state index in [1.807, 2.05) is 11.8 Å². The lowest BCUT2D eigenvalue weighted by Gasteiger charge is -2.22. The van der Waals surface area contributed by atoms with Gasteiger partial charge in [-0.1, -0.05) is 24.6 Å². The van der Waals surface area contributed by atoms with E-state index < -0.39 is 0 Å². The van der Waals surface area contributed by atoms with Crippen LogP contribution in [-0.4, -0.2) is 36.2 Å². The first-order chi connectivity index (χ1) is 7.24. The molecule has 0 aromatic carbocycles. The van der Waals surface area contributed by atoms with Gasteiger partial charge < -0.3 is 10.1 Å². The second-order valence-electron chi connectivity index (χ2n) is 4.64. The lowest BCUT2D eigenvalue weighted by atomic mass is 10.0. The van der Waals surface area contributed by atoms with E-state index in [0.29, 0.717) is 12.1 Å². The molecule has 1 saturated carbocycles. The average Bonchev–Trinajstić information content (AvgIpc) is 2.79. The third kappa shape index (κ3) is 2.67. The first-order valence-corrected chi connectivity index (χ1v) is 6.70. The molecule has 2 rings (SSSR count). The number of aliphatic imine (C=N–C) groups is 1. The number of hydrogen-bond acceptors (Lipinski definition) is 3. The summed E-state index contributed by atoms with van der Waals surface area (Å²) in [4.78, 5) is 4.63. The Labute approximate surface area is 96.1 Å². The summed E-state index contributed by atoms with van der Waals surface area (Å²) < 4.78 is 5.09. The van der Waals surface area contributed by atoms with E-state index in [2.05, 4.69) is 17.2 Å². The number of amidine groups is 1. The molecule has 1 spiro atoms. The minimum atomic E-state index is 0.265. The summed E-state index contributed by atoms with van der Waals surface area (Å²) in [6, 6.07) is 0.265. The number of hydrogen-bond donors (Lipinski definition) is 1. The number of methoxy groups -OCH3 is 1. The number of thioether (sulfide) groups is 1. The molecule has 0 radical (unpaired) electrons. The van der Waals surface area contributed by atoms with Gasteiger partial charge in [-0.05, 0) is 19.8 Å². The maximum absolute atomic E-state index is 5.09. The fourth-order valence-electron chi connectivity index (χ4n) is 2.37. The second-order valence-corrected chi connectivity index (χ2v) is 5.60. The molecule has 1 N–H and O–H groups in total. The Morgan fingerprint density at radius 1 is 1.53 bits per heavy atom. The van der Waals surface area contributed by atoms with E-state index >= 15 is 0 Å². The summed E-state index contributed by atoms with van der Waals surface area (Å²) in [6.45, 7) is 2.80. The number of rotatable bonds is 3. The zero-order valence-corrected chi connectivity index (χ0v) is 10.4. The van der Waals surface area contributed by atoms with Gasteiger partial charge in [-0.25, -0.2) is 0 Å². The Morgan fingerprint density at radius 3 is 2.93 bits per heavy atom. The van der Waals surface area contributed by atoms with Crippen molar-refractivity contribution in [1.29, 1.82) is 0 Å². The van der Waals surface area contributed by atoms with Gasteiger partial charge in [-0.3, -0.25) is 4.99 Å². The van der Waals surface area contributed by atoms with Crippen LogP contribution in [0.25, 0.3) is 0 Å². The molecule has 1 atom stereocenters. The monoisotopic (exact) mass is 228 g/mol. The van der Waals surface area contributed by atoms with Crippen molar-refractivity contribution < 1.29 is 4.74 Å². The van der Waals surface area contributed by atoms with Crippen LogP contribution in [-0.2, 0) is 4.74 Å². The second kappa shape index (κ2) is 4.74. The molecule has 4 heteroatoms. The highest BCUT2D eigenvalue weighted by molar-refractivity contribution is 8.14. The van der Waals surface area contributed by atoms with Crippen molar-refractivity contribution in [1.82, 2.24) is 5.32 Å². The van der Waals surface area contributed by atoms with Crippen molar-refractivity contribution in [3.8, 4) is 0 Å². The number of nitrogens with zero attached hydrogens (tertiary/aromatic N) is 1. The van der Waals surface area contributed by atoms with Crippen LogP contribution in [0.2, 0.25) is 0 Å². The van der Waals surface area contributed by atoms with E-state index in [0.717, 1.165) is 5.17 Å². The molecular formula is C11H20N2OS. The minimum absolute atomic E-state index is 0.265. The first-order valence-electron chi connectivity index (χ1n) is 5.72. The highest BCUT2D eigenvalue weighted by atomic mass is 32.2. The summed E-state index contributed by atoms with van der Waals surface area (Å²) in [6.07, 6.45) is 5.37. The zero-order chi connectivity index (χ0) is 10.7. The molecule has 15 heavy (non-hydrogen) atoms. The van der Waals surface area contributed by atoms with Crippen LogP contribution in [0.3, 0.4) is 0 Å². The van der Waals surface area contributed by atoms with Gasteiger partial charge in [-0.2, -0.15) is 0 Å². The molecule has 1 aliphatic carbocycles. The molecule has 2 aliphatic rings. The molecule has 0 aromatic heterocycles. The van der Waals surface area contributed by atoms with E-state index in [-0.39, 0.29) is 6.04 Å². The maximum Gasteiger partial charge on any atom is 0.157 e. The topological polar surface area (TPSA) is 33.6 Å². The molecule has 86 valence electrons. The van der Waals surface area contributed by atoms with Gasteiger partial charge in [0.25, 0.3) is 0 Å². The van der Waals surface area contributed by atoms with Crippen LogP contribution in [0.15, 0.2) is 4.99 Å². The number of ether oxygens (including phenoxy) is 1. The van der Waals surface area contributed by atoms with Crippen LogP contribution in [0.5, 0.6) is 0 Å². The molecule has 2 fully saturated rings. The van der Waals surface area contributed by atoms with Crippen molar-refractivity contribution in [3.05, 3.63) is 0 Å². The quantitative estimate of drug-likeness (QED) is 0.802. The Bertz CT molecular complexity index is 249. The average molecular weight is 228 g/mol. The highest BCUT2D eigenvalue weighted by Crippen LogP contribution is 2.37. The predicted molar refractivity (Wildman–Crippen MR) is 65.6 cm³/mol. The standard InChI is InChI=1S/C11H20N2OS/c1-9(7-14-2)12-10-13-11(8-15-10)5-3-4-6-11/h9H,3-8H2,1-2H3,(H,12,13). The summed E-state index contributed by atoms with van der Waals surface area (Å²) in [5.74, 6) is 1.20. The summed E-state index contributed by atoms with van der Waals surface area (Å²) in [7, 11) is 1.73. The smallest absolute Gasteiger partial charge is 0.157 e. The van der Waals surface area contributed by atoms with Gasteiger partial charge in [0.05, 0.1) is 12.6 Å². The highest BCUT2D eigenvalue weighted by Gasteiger charge is 2.39. The molecule has 1 saturated heterocycles. The van der Waals surface area contributed by atoms with Crippen molar-refractivity contribution in [3.63, 3.8) is 0 Å². The van der Waals surface area contributed by atoms with Crippen LogP contribution in [0.1, 0.15) is 32.6 Å². The Hall–Kier alpha value is -0.220. The lowest BCUT2D eigenvalue weighted by molar-refractivity contribution is 0.186. The molecule has 0 bridgehead atoms. The first kappa shape index (κ1) is 11.3. The SMILES string of the molecule is COCC(C)N=C1NC2(CCCC2)CS1. The zero-order valence-electron chi connectivity index (χ0n) is 9.58. The Balaban J connectivity index is 1.91. The van der Waals surface area contributed by atoms with Gasteiger partial charge in [0.1, 0.15) is 0 Å². The van der Waals surface area contributed by atoms with Crippen LogP contribution < -0.4 is 5.32 Å². The van der Waals surface area contributed by atoms with Gasteiger partial charge in [0.2, 0.25) is 0 Å². The molecular weight excluding hydrogens is 208 g/mol. The predicted octanol–water partition coefficient (Wildman–Crippen LogP) is 2.03. The van der Waals surface area contributed by atoms with Crippen molar-refractivity contribution >= 4 is 16.9 Å². The molecule has 1 unspecified atom stereocenters. The summed E-state index contributed by atoms with van der Waals surface area (Å²) in [5.41, 5.74) is 0.385. The van der Waals surface area contributed by atoms with Crippen LogP contribution in [0, 0.1) is 0 Å². The van der Waals surface area contributed by atoms with Crippen molar-refractivity contribution in [2.75, 3.05) is 19.5 Å². The normalized spacial score (nSPS) is 28.5. The van der Waals surface area contributed by atoms with E-state index in [1.54, 1.807) is 7.11 Å². The molecule has 0 aromatic rings. The minimum Gasteiger partial charge on any atom is -0.382 e. The van der Waals surface area contributed by atoms with Gasteiger partial charge in [-0.15, -0.1) is 0 Å². The maximum atomic E-state index is 5.09. The van der Waals surface area contributed by atoms with E-state index in [4.69, 9.17) is 4.74 Å². The molecule has 1 heterocycles. The number of nitrogens with one attached hydrogen (secondary N) is 1. The lowest BCUT2D eigenvalue weighted by Crippen LogP contribution is -2.41. The summed E-state index contributed by atoms with van der Waals surface area (Å²) in [5, 5.41) is 4.74. The van der Waals surface area contributed by atoms with E-state index in [9.17, 15) is 0 Å². The Morgan fingerprint density at radius 2 is 2.27 bits per heavy atom. The fraction of sp³-hybridized carbons (Fsp3) is 0.909.